The van der Waals surface area contributed by atoms with Crippen LogP contribution in [0.15, 0.2) is 64.0 Å². The first-order chi connectivity index (χ1) is 10.5. The molecular formula is C16H18BrNO3S. The Morgan fingerprint density at radius 2 is 1.86 bits per heavy atom. The summed E-state index contributed by atoms with van der Waals surface area (Å²) in [4.78, 5) is 0.232. The van der Waals surface area contributed by atoms with Crippen molar-refractivity contribution in [2.45, 2.75) is 17.4 Å². The normalized spacial score (nSPS) is 13.0. The van der Waals surface area contributed by atoms with Gasteiger partial charge in [0, 0.05) is 17.6 Å². The van der Waals surface area contributed by atoms with E-state index in [1.165, 1.54) is 0 Å². The van der Waals surface area contributed by atoms with Crippen LogP contribution < -0.4 is 4.72 Å². The molecule has 0 saturated carbocycles. The minimum atomic E-state index is -3.58. The van der Waals surface area contributed by atoms with Gasteiger partial charge < -0.3 is 4.74 Å². The Hall–Kier alpha value is -1.21. The van der Waals surface area contributed by atoms with Crippen molar-refractivity contribution in [2.75, 3.05) is 13.7 Å². The summed E-state index contributed by atoms with van der Waals surface area (Å²) >= 11 is 3.29. The molecule has 2 aromatic rings. The van der Waals surface area contributed by atoms with Crippen LogP contribution in [0, 0.1) is 0 Å². The molecule has 118 valence electrons. The average Bonchev–Trinajstić information content (AvgIpc) is 2.48. The lowest BCUT2D eigenvalue weighted by molar-refractivity contribution is 0.174. The first-order valence-electron chi connectivity index (χ1n) is 6.82. The quantitative estimate of drug-likeness (QED) is 0.799. The fourth-order valence-electron chi connectivity index (χ4n) is 2.16. The second-order valence-corrected chi connectivity index (χ2v) is 7.55. The smallest absolute Gasteiger partial charge is 0.240 e. The van der Waals surface area contributed by atoms with Crippen LogP contribution in [0.2, 0.25) is 0 Å². The van der Waals surface area contributed by atoms with Gasteiger partial charge >= 0.3 is 0 Å². The highest BCUT2D eigenvalue weighted by Crippen LogP contribution is 2.17. The molecule has 0 aliphatic heterocycles. The maximum Gasteiger partial charge on any atom is 0.240 e. The van der Waals surface area contributed by atoms with E-state index in [0.29, 0.717) is 13.0 Å². The van der Waals surface area contributed by atoms with Crippen LogP contribution in [0.25, 0.3) is 0 Å². The lowest BCUT2D eigenvalue weighted by atomic mass is 10.1. The third-order valence-electron chi connectivity index (χ3n) is 3.12. The van der Waals surface area contributed by atoms with Crippen molar-refractivity contribution in [2.24, 2.45) is 0 Å². The number of hydrogen-bond donors (Lipinski definition) is 1. The molecule has 2 rings (SSSR count). The van der Waals surface area contributed by atoms with Crippen LogP contribution in [0.1, 0.15) is 5.56 Å². The minimum Gasteiger partial charge on any atom is -0.383 e. The molecule has 2 aromatic carbocycles. The van der Waals surface area contributed by atoms with Crippen molar-refractivity contribution in [1.29, 1.82) is 0 Å². The second-order valence-electron chi connectivity index (χ2n) is 4.92. The predicted octanol–water partition coefficient (Wildman–Crippen LogP) is 2.99. The summed E-state index contributed by atoms with van der Waals surface area (Å²) in [5, 5.41) is 0. The fourth-order valence-corrected chi connectivity index (χ4v) is 3.97. The van der Waals surface area contributed by atoms with Gasteiger partial charge in [-0.15, -0.1) is 0 Å². The van der Waals surface area contributed by atoms with Crippen LogP contribution in [-0.4, -0.2) is 28.2 Å². The van der Waals surface area contributed by atoms with E-state index in [4.69, 9.17) is 4.74 Å². The number of benzene rings is 2. The molecule has 0 amide bonds. The summed E-state index contributed by atoms with van der Waals surface area (Å²) in [6, 6.07) is 16.0. The third kappa shape index (κ3) is 4.91. The average molecular weight is 384 g/mol. The molecule has 0 bridgehead atoms. The van der Waals surface area contributed by atoms with E-state index in [2.05, 4.69) is 20.7 Å². The van der Waals surface area contributed by atoms with Gasteiger partial charge in [0.1, 0.15) is 0 Å². The number of hydrogen-bond acceptors (Lipinski definition) is 3. The predicted molar refractivity (Wildman–Crippen MR) is 90.3 cm³/mol. The topological polar surface area (TPSA) is 55.4 Å². The molecule has 0 aliphatic carbocycles. The van der Waals surface area contributed by atoms with Gasteiger partial charge in [0.15, 0.2) is 0 Å². The Kier molecular flexibility index (Phi) is 6.14. The zero-order valence-electron chi connectivity index (χ0n) is 12.2. The maximum atomic E-state index is 12.5. The van der Waals surface area contributed by atoms with Crippen molar-refractivity contribution in [3.8, 4) is 0 Å². The molecule has 0 fully saturated rings. The van der Waals surface area contributed by atoms with E-state index in [0.717, 1.165) is 10.0 Å². The van der Waals surface area contributed by atoms with Crippen molar-refractivity contribution < 1.29 is 13.2 Å². The van der Waals surface area contributed by atoms with E-state index in [9.17, 15) is 8.42 Å². The summed E-state index contributed by atoms with van der Waals surface area (Å²) in [6.07, 6.45) is 0.571. The summed E-state index contributed by atoms with van der Waals surface area (Å²) in [6.45, 7) is 0.308. The Balaban J connectivity index is 2.16. The SMILES string of the molecule is COCC(Cc1ccccc1)NS(=O)(=O)c1cccc(Br)c1. The molecular weight excluding hydrogens is 366 g/mol. The first-order valence-corrected chi connectivity index (χ1v) is 9.09. The monoisotopic (exact) mass is 383 g/mol. The van der Waals surface area contributed by atoms with Gasteiger partial charge in [0.2, 0.25) is 10.0 Å². The molecule has 0 radical (unpaired) electrons. The Labute approximate surface area is 139 Å². The lowest BCUT2D eigenvalue weighted by Gasteiger charge is -2.18. The van der Waals surface area contributed by atoms with Crippen molar-refractivity contribution in [3.63, 3.8) is 0 Å². The Bertz CT molecular complexity index is 704. The highest BCUT2D eigenvalue weighted by atomic mass is 79.9. The minimum absolute atomic E-state index is 0.232. The molecule has 0 heterocycles. The highest BCUT2D eigenvalue weighted by molar-refractivity contribution is 9.10. The van der Waals surface area contributed by atoms with Gasteiger partial charge in [-0.1, -0.05) is 52.3 Å². The maximum absolute atomic E-state index is 12.5. The van der Waals surface area contributed by atoms with E-state index >= 15 is 0 Å². The zero-order chi connectivity index (χ0) is 16.0. The number of methoxy groups -OCH3 is 1. The van der Waals surface area contributed by atoms with E-state index in [1.807, 2.05) is 30.3 Å². The Morgan fingerprint density at radius 3 is 2.50 bits per heavy atom. The van der Waals surface area contributed by atoms with Crippen LogP contribution in [-0.2, 0) is 21.2 Å². The van der Waals surface area contributed by atoms with Gasteiger partial charge in [-0.05, 0) is 30.2 Å². The van der Waals surface area contributed by atoms with Gasteiger partial charge in [0.05, 0.1) is 11.5 Å². The van der Waals surface area contributed by atoms with E-state index < -0.39 is 10.0 Å². The number of ether oxygens (including phenoxy) is 1. The van der Waals surface area contributed by atoms with Crippen molar-refractivity contribution in [3.05, 3.63) is 64.6 Å². The highest BCUT2D eigenvalue weighted by Gasteiger charge is 2.20. The number of sulfonamides is 1. The summed E-state index contributed by atoms with van der Waals surface area (Å²) in [5.41, 5.74) is 1.06. The summed E-state index contributed by atoms with van der Waals surface area (Å²) in [5.74, 6) is 0. The lowest BCUT2D eigenvalue weighted by Crippen LogP contribution is -2.39. The van der Waals surface area contributed by atoms with Crippen LogP contribution in [0.5, 0.6) is 0 Å². The number of halogens is 1. The van der Waals surface area contributed by atoms with E-state index in [-0.39, 0.29) is 10.9 Å². The molecule has 0 aliphatic rings. The van der Waals surface area contributed by atoms with Gasteiger partial charge in [-0.2, -0.15) is 0 Å². The van der Waals surface area contributed by atoms with Crippen LogP contribution in [0.3, 0.4) is 0 Å². The number of rotatable bonds is 7. The summed E-state index contributed by atoms with van der Waals surface area (Å²) < 4.78 is 33.5. The first kappa shape index (κ1) is 17.1. The fraction of sp³-hybridized carbons (Fsp3) is 0.250. The molecule has 22 heavy (non-hydrogen) atoms. The zero-order valence-corrected chi connectivity index (χ0v) is 14.6. The van der Waals surface area contributed by atoms with Gasteiger partial charge in [-0.25, -0.2) is 13.1 Å². The van der Waals surface area contributed by atoms with Gasteiger partial charge in [-0.3, -0.25) is 0 Å². The van der Waals surface area contributed by atoms with E-state index in [1.54, 1.807) is 31.4 Å². The standard InChI is InChI=1S/C16H18BrNO3S/c1-21-12-15(10-13-6-3-2-4-7-13)18-22(19,20)16-9-5-8-14(17)11-16/h2-9,11,15,18H,10,12H2,1H3. The second kappa shape index (κ2) is 7.87. The van der Waals surface area contributed by atoms with Crippen molar-refractivity contribution >= 4 is 26.0 Å². The molecule has 0 aromatic heterocycles. The number of nitrogens with one attached hydrogen (secondary N) is 1. The Morgan fingerprint density at radius 1 is 1.14 bits per heavy atom. The van der Waals surface area contributed by atoms with Gasteiger partial charge in [0.25, 0.3) is 0 Å². The molecule has 0 spiro atoms. The van der Waals surface area contributed by atoms with Crippen LogP contribution >= 0.6 is 15.9 Å². The van der Waals surface area contributed by atoms with Crippen molar-refractivity contribution in [1.82, 2.24) is 4.72 Å². The molecule has 1 unspecified atom stereocenters. The third-order valence-corrected chi connectivity index (χ3v) is 5.13. The molecule has 4 nitrogen and oxygen atoms in total. The largest absolute Gasteiger partial charge is 0.383 e. The molecule has 6 heteroatoms. The molecule has 1 atom stereocenters. The van der Waals surface area contributed by atoms with Crippen LogP contribution in [0.4, 0.5) is 0 Å². The molecule has 1 N–H and O–H groups in total. The summed E-state index contributed by atoms with van der Waals surface area (Å²) in [7, 11) is -2.02. The molecule has 0 saturated heterocycles.